The predicted molar refractivity (Wildman–Crippen MR) is 55.7 cm³/mol. The molecule has 0 aliphatic rings. The first-order chi connectivity index (χ1) is 6.33. The van der Waals surface area contributed by atoms with Crippen LogP contribution in [0.3, 0.4) is 0 Å². The Balaban J connectivity index is 0.00000169. The van der Waals surface area contributed by atoms with Crippen molar-refractivity contribution in [3.63, 3.8) is 0 Å². The lowest BCUT2D eigenvalue weighted by Gasteiger charge is -2.03. The van der Waals surface area contributed by atoms with E-state index in [4.69, 9.17) is 10.6 Å². The first-order valence-electron chi connectivity index (χ1n) is 3.96. The second kappa shape index (κ2) is 7.32. The molecule has 0 spiro atoms. The fourth-order valence-electron chi connectivity index (χ4n) is 0.872. The van der Waals surface area contributed by atoms with Gasteiger partial charge in [0, 0.05) is 0 Å². The van der Waals surface area contributed by atoms with E-state index in [2.05, 4.69) is 5.43 Å². The van der Waals surface area contributed by atoms with Crippen LogP contribution in [0.5, 0.6) is 0 Å². The van der Waals surface area contributed by atoms with Crippen LogP contribution in [0.1, 0.15) is 5.56 Å². The summed E-state index contributed by atoms with van der Waals surface area (Å²) in [6.45, 7) is 0.328. The summed E-state index contributed by atoms with van der Waals surface area (Å²) in [6, 6.07) is 9.48. The molecule has 5 heteroatoms. The maximum absolute atomic E-state index is 10.9. The Morgan fingerprint density at radius 1 is 1.36 bits per heavy atom. The first-order valence-corrected chi connectivity index (χ1v) is 3.96. The molecule has 0 saturated carbocycles. The van der Waals surface area contributed by atoms with E-state index in [1.165, 1.54) is 0 Å². The second-order valence-electron chi connectivity index (χ2n) is 2.53. The van der Waals surface area contributed by atoms with Crippen LogP contribution in [-0.4, -0.2) is 12.5 Å². The van der Waals surface area contributed by atoms with Crippen molar-refractivity contribution in [2.45, 2.75) is 6.61 Å². The molecule has 78 valence electrons. The molecule has 0 aliphatic heterocycles. The zero-order valence-electron chi connectivity index (χ0n) is 7.60. The third kappa shape index (κ3) is 4.81. The van der Waals surface area contributed by atoms with Crippen LogP contribution >= 0.6 is 12.4 Å². The van der Waals surface area contributed by atoms with E-state index in [0.717, 1.165) is 5.56 Å². The molecule has 0 heterocycles. The van der Waals surface area contributed by atoms with Gasteiger partial charge in [-0.05, 0) is 5.56 Å². The first kappa shape index (κ1) is 12.9. The van der Waals surface area contributed by atoms with Gasteiger partial charge in [0.15, 0.2) is 0 Å². The van der Waals surface area contributed by atoms with Crippen molar-refractivity contribution in [2.24, 2.45) is 5.84 Å². The van der Waals surface area contributed by atoms with E-state index in [9.17, 15) is 4.79 Å². The van der Waals surface area contributed by atoms with Crippen LogP contribution in [-0.2, 0) is 16.1 Å². The van der Waals surface area contributed by atoms with E-state index in [1.54, 1.807) is 0 Å². The SMILES string of the molecule is Cl.NNCC(=O)OCc1ccccc1. The van der Waals surface area contributed by atoms with Crippen molar-refractivity contribution in [1.82, 2.24) is 5.43 Å². The largest absolute Gasteiger partial charge is 0.460 e. The second-order valence-corrected chi connectivity index (χ2v) is 2.53. The molecule has 0 fully saturated rings. The van der Waals surface area contributed by atoms with Gasteiger partial charge in [-0.25, -0.2) is 5.43 Å². The van der Waals surface area contributed by atoms with Crippen LogP contribution in [0, 0.1) is 0 Å². The van der Waals surface area contributed by atoms with Gasteiger partial charge in [0.1, 0.15) is 13.2 Å². The molecule has 4 nitrogen and oxygen atoms in total. The lowest BCUT2D eigenvalue weighted by Crippen LogP contribution is -2.30. The average molecular weight is 217 g/mol. The van der Waals surface area contributed by atoms with E-state index in [1.807, 2.05) is 30.3 Å². The summed E-state index contributed by atoms with van der Waals surface area (Å²) in [7, 11) is 0. The van der Waals surface area contributed by atoms with Crippen molar-refractivity contribution in [1.29, 1.82) is 0 Å². The van der Waals surface area contributed by atoms with Gasteiger partial charge in [0.25, 0.3) is 0 Å². The number of rotatable bonds is 4. The monoisotopic (exact) mass is 216 g/mol. The van der Waals surface area contributed by atoms with Gasteiger partial charge in [-0.3, -0.25) is 10.6 Å². The topological polar surface area (TPSA) is 64.3 Å². The van der Waals surface area contributed by atoms with E-state index < -0.39 is 0 Å². The van der Waals surface area contributed by atoms with Gasteiger partial charge < -0.3 is 4.74 Å². The van der Waals surface area contributed by atoms with Crippen molar-refractivity contribution in [2.75, 3.05) is 6.54 Å². The average Bonchev–Trinajstić information content (AvgIpc) is 2.17. The highest BCUT2D eigenvalue weighted by atomic mass is 35.5. The molecule has 1 aromatic rings. The standard InChI is InChI=1S/C9H12N2O2.ClH/c10-11-6-9(12)13-7-8-4-2-1-3-5-8;/h1-5,11H,6-7,10H2;1H. The fourth-order valence-corrected chi connectivity index (χ4v) is 0.872. The maximum atomic E-state index is 10.9. The van der Waals surface area contributed by atoms with E-state index >= 15 is 0 Å². The Bertz CT molecular complexity index is 267. The summed E-state index contributed by atoms with van der Waals surface area (Å²) < 4.78 is 4.89. The van der Waals surface area contributed by atoms with Crippen molar-refractivity contribution >= 4 is 18.4 Å². The van der Waals surface area contributed by atoms with Gasteiger partial charge >= 0.3 is 5.97 Å². The third-order valence-electron chi connectivity index (χ3n) is 1.49. The maximum Gasteiger partial charge on any atom is 0.321 e. The molecule has 0 bridgehead atoms. The van der Waals surface area contributed by atoms with Gasteiger partial charge in [0.2, 0.25) is 0 Å². The highest BCUT2D eigenvalue weighted by Gasteiger charge is 2.00. The quantitative estimate of drug-likeness (QED) is 0.440. The van der Waals surface area contributed by atoms with Crippen LogP contribution in [0.4, 0.5) is 0 Å². The highest BCUT2D eigenvalue weighted by Crippen LogP contribution is 1.99. The summed E-state index contributed by atoms with van der Waals surface area (Å²) >= 11 is 0. The molecular formula is C9H13ClN2O2. The fraction of sp³-hybridized carbons (Fsp3) is 0.222. The summed E-state index contributed by atoms with van der Waals surface area (Å²) in [5, 5.41) is 0. The summed E-state index contributed by atoms with van der Waals surface area (Å²) in [4.78, 5) is 10.9. The summed E-state index contributed by atoms with van der Waals surface area (Å²) in [5.74, 6) is 4.59. The number of carbonyl (C=O) groups excluding carboxylic acids is 1. The molecule has 14 heavy (non-hydrogen) atoms. The Morgan fingerprint density at radius 3 is 2.57 bits per heavy atom. The van der Waals surface area contributed by atoms with Gasteiger partial charge in [-0.2, -0.15) is 0 Å². The molecular weight excluding hydrogens is 204 g/mol. The van der Waals surface area contributed by atoms with Crippen LogP contribution < -0.4 is 11.3 Å². The zero-order chi connectivity index (χ0) is 9.52. The molecule has 1 aromatic carbocycles. The molecule has 0 radical (unpaired) electrons. The smallest absolute Gasteiger partial charge is 0.321 e. The van der Waals surface area contributed by atoms with Crippen LogP contribution in [0.25, 0.3) is 0 Å². The number of hydrazine groups is 1. The van der Waals surface area contributed by atoms with Gasteiger partial charge in [-0.15, -0.1) is 12.4 Å². The highest BCUT2D eigenvalue weighted by molar-refractivity contribution is 5.85. The molecule has 0 amide bonds. The summed E-state index contributed by atoms with van der Waals surface area (Å²) in [6.07, 6.45) is 0. The Labute approximate surface area is 88.8 Å². The molecule has 3 N–H and O–H groups in total. The number of ether oxygens (including phenoxy) is 1. The van der Waals surface area contributed by atoms with Crippen LogP contribution in [0.15, 0.2) is 30.3 Å². The number of esters is 1. The van der Waals surface area contributed by atoms with Crippen LogP contribution in [0.2, 0.25) is 0 Å². The zero-order valence-corrected chi connectivity index (χ0v) is 8.42. The van der Waals surface area contributed by atoms with Gasteiger partial charge in [0.05, 0.1) is 0 Å². The minimum atomic E-state index is -0.355. The Kier molecular flexibility index (Phi) is 6.74. The number of hydrogen-bond donors (Lipinski definition) is 2. The molecule has 0 atom stereocenters. The number of nitrogens with one attached hydrogen (secondary N) is 1. The van der Waals surface area contributed by atoms with Gasteiger partial charge in [-0.1, -0.05) is 30.3 Å². The number of nitrogens with two attached hydrogens (primary N) is 1. The number of hydrogen-bond acceptors (Lipinski definition) is 4. The molecule has 1 rings (SSSR count). The Morgan fingerprint density at radius 2 is 2.00 bits per heavy atom. The lowest BCUT2D eigenvalue weighted by atomic mass is 10.2. The normalized spacial score (nSPS) is 8.93. The van der Waals surface area contributed by atoms with E-state index in [0.29, 0.717) is 6.61 Å². The minimum Gasteiger partial charge on any atom is -0.460 e. The predicted octanol–water partition coefficient (Wildman–Crippen LogP) is 0.615. The summed E-state index contributed by atoms with van der Waals surface area (Å²) in [5.41, 5.74) is 3.19. The molecule has 0 saturated heterocycles. The lowest BCUT2D eigenvalue weighted by molar-refractivity contribution is -0.143. The molecule has 0 aliphatic carbocycles. The number of benzene rings is 1. The van der Waals surface area contributed by atoms with Crippen molar-refractivity contribution < 1.29 is 9.53 Å². The number of halogens is 1. The minimum absolute atomic E-state index is 0. The van der Waals surface area contributed by atoms with Crippen molar-refractivity contribution in [3.05, 3.63) is 35.9 Å². The molecule has 0 unspecified atom stereocenters. The Hall–Kier alpha value is -1.10. The third-order valence-corrected chi connectivity index (χ3v) is 1.49. The van der Waals surface area contributed by atoms with Crippen molar-refractivity contribution in [3.8, 4) is 0 Å². The molecule has 0 aromatic heterocycles. The van der Waals surface area contributed by atoms with E-state index in [-0.39, 0.29) is 24.9 Å². The number of carbonyl (C=O) groups is 1.